The minimum atomic E-state index is -0.378. The molecule has 0 bridgehead atoms. The maximum absolute atomic E-state index is 13.4. The Labute approximate surface area is 95.3 Å². The Bertz CT molecular complexity index is 320. The van der Waals surface area contributed by atoms with Gasteiger partial charge in [0.2, 0.25) is 0 Å². The van der Waals surface area contributed by atoms with E-state index in [1.54, 1.807) is 6.92 Å². The van der Waals surface area contributed by atoms with Crippen molar-refractivity contribution in [3.05, 3.63) is 17.8 Å². The smallest absolute Gasteiger partial charge is 0.186 e. The highest BCUT2D eigenvalue weighted by atomic mass is 19.1. The van der Waals surface area contributed by atoms with Gasteiger partial charge in [0.15, 0.2) is 11.6 Å². The van der Waals surface area contributed by atoms with Crippen molar-refractivity contribution in [1.82, 2.24) is 9.97 Å². The van der Waals surface area contributed by atoms with E-state index in [0.717, 1.165) is 19.4 Å². The lowest BCUT2D eigenvalue weighted by atomic mass is 10.4. The third-order valence-corrected chi connectivity index (χ3v) is 2.07. The molecule has 5 heteroatoms. The maximum atomic E-state index is 13.4. The first kappa shape index (κ1) is 12.8. The summed E-state index contributed by atoms with van der Waals surface area (Å²) < 4.78 is 18.7. The Kier molecular flexibility index (Phi) is 5.71. The van der Waals surface area contributed by atoms with Gasteiger partial charge in [0.05, 0.1) is 5.69 Å². The van der Waals surface area contributed by atoms with E-state index in [9.17, 15) is 4.39 Å². The van der Waals surface area contributed by atoms with Gasteiger partial charge in [-0.15, -0.1) is 0 Å². The first-order chi connectivity index (χ1) is 7.75. The van der Waals surface area contributed by atoms with Crippen LogP contribution in [0, 0.1) is 12.7 Å². The SMILES string of the molecule is CCCOCCCNc1ncnc(C)c1F. The minimum absolute atomic E-state index is 0.267. The Morgan fingerprint density at radius 3 is 2.94 bits per heavy atom. The van der Waals surface area contributed by atoms with Crippen LogP contribution in [0.25, 0.3) is 0 Å². The predicted molar refractivity (Wildman–Crippen MR) is 60.9 cm³/mol. The summed E-state index contributed by atoms with van der Waals surface area (Å²) in [5.41, 5.74) is 0.361. The number of aromatic nitrogens is 2. The molecule has 0 unspecified atom stereocenters. The van der Waals surface area contributed by atoms with Gasteiger partial charge in [-0.25, -0.2) is 14.4 Å². The zero-order valence-corrected chi connectivity index (χ0v) is 9.79. The fourth-order valence-corrected chi connectivity index (χ4v) is 1.21. The van der Waals surface area contributed by atoms with E-state index in [1.165, 1.54) is 6.33 Å². The Hall–Kier alpha value is -1.23. The van der Waals surface area contributed by atoms with Gasteiger partial charge in [-0.1, -0.05) is 6.92 Å². The molecule has 0 aliphatic heterocycles. The monoisotopic (exact) mass is 227 g/mol. The second kappa shape index (κ2) is 7.11. The van der Waals surface area contributed by atoms with Crippen molar-refractivity contribution in [3.63, 3.8) is 0 Å². The standard InChI is InChI=1S/C11H18FN3O/c1-3-6-16-7-4-5-13-11-10(12)9(2)14-8-15-11/h8H,3-7H2,1-2H3,(H,13,14,15). The molecule has 0 aromatic carbocycles. The number of hydrogen-bond acceptors (Lipinski definition) is 4. The molecule has 0 spiro atoms. The molecule has 1 rings (SSSR count). The number of ether oxygens (including phenoxy) is 1. The quantitative estimate of drug-likeness (QED) is 0.725. The van der Waals surface area contributed by atoms with E-state index >= 15 is 0 Å². The van der Waals surface area contributed by atoms with Gasteiger partial charge in [0, 0.05) is 19.8 Å². The highest BCUT2D eigenvalue weighted by Crippen LogP contribution is 2.11. The zero-order valence-electron chi connectivity index (χ0n) is 9.79. The molecule has 0 radical (unpaired) electrons. The number of hydrogen-bond donors (Lipinski definition) is 1. The van der Waals surface area contributed by atoms with Crippen LogP contribution >= 0.6 is 0 Å². The van der Waals surface area contributed by atoms with Crippen LogP contribution in [0.1, 0.15) is 25.5 Å². The summed E-state index contributed by atoms with van der Waals surface area (Å²) in [6.07, 6.45) is 3.21. The van der Waals surface area contributed by atoms with Crippen molar-refractivity contribution < 1.29 is 9.13 Å². The van der Waals surface area contributed by atoms with Crippen LogP contribution in [0.15, 0.2) is 6.33 Å². The molecule has 1 heterocycles. The van der Waals surface area contributed by atoms with E-state index in [0.29, 0.717) is 18.8 Å². The normalized spacial score (nSPS) is 10.4. The van der Waals surface area contributed by atoms with E-state index < -0.39 is 0 Å². The molecule has 0 saturated heterocycles. The molecule has 0 aliphatic rings. The van der Waals surface area contributed by atoms with Crippen molar-refractivity contribution in [2.24, 2.45) is 0 Å². The molecule has 1 aromatic heterocycles. The predicted octanol–water partition coefficient (Wildman–Crippen LogP) is 2.15. The van der Waals surface area contributed by atoms with Gasteiger partial charge >= 0.3 is 0 Å². The van der Waals surface area contributed by atoms with Gasteiger partial charge in [-0.05, 0) is 19.8 Å². The average Bonchev–Trinajstić information content (AvgIpc) is 2.29. The molecule has 0 amide bonds. The van der Waals surface area contributed by atoms with Crippen LogP contribution in [0.2, 0.25) is 0 Å². The zero-order chi connectivity index (χ0) is 11.8. The second-order valence-corrected chi connectivity index (χ2v) is 3.51. The van der Waals surface area contributed by atoms with Crippen LogP contribution in [0.4, 0.5) is 10.2 Å². The highest BCUT2D eigenvalue weighted by Gasteiger charge is 2.05. The summed E-state index contributed by atoms with van der Waals surface area (Å²) in [6.45, 7) is 5.80. The van der Waals surface area contributed by atoms with Gasteiger partial charge in [-0.2, -0.15) is 0 Å². The van der Waals surface area contributed by atoms with Crippen LogP contribution in [-0.4, -0.2) is 29.7 Å². The fraction of sp³-hybridized carbons (Fsp3) is 0.636. The molecular weight excluding hydrogens is 209 g/mol. The Morgan fingerprint density at radius 1 is 1.38 bits per heavy atom. The Balaban J connectivity index is 2.24. The van der Waals surface area contributed by atoms with Crippen molar-refractivity contribution in [3.8, 4) is 0 Å². The molecule has 16 heavy (non-hydrogen) atoms. The lowest BCUT2D eigenvalue weighted by molar-refractivity contribution is 0.134. The average molecular weight is 227 g/mol. The number of halogens is 1. The van der Waals surface area contributed by atoms with Crippen LogP contribution in [0.3, 0.4) is 0 Å². The van der Waals surface area contributed by atoms with E-state index in [2.05, 4.69) is 22.2 Å². The van der Waals surface area contributed by atoms with Crippen molar-refractivity contribution >= 4 is 5.82 Å². The fourth-order valence-electron chi connectivity index (χ4n) is 1.21. The van der Waals surface area contributed by atoms with Crippen LogP contribution < -0.4 is 5.32 Å². The summed E-state index contributed by atoms with van der Waals surface area (Å²) in [7, 11) is 0. The summed E-state index contributed by atoms with van der Waals surface area (Å²) in [6, 6.07) is 0. The van der Waals surface area contributed by atoms with Gasteiger partial charge in [0.1, 0.15) is 6.33 Å². The summed E-state index contributed by atoms with van der Waals surface area (Å²) in [4.78, 5) is 7.59. The molecule has 0 fully saturated rings. The Morgan fingerprint density at radius 2 is 2.19 bits per heavy atom. The number of rotatable bonds is 7. The molecule has 90 valence electrons. The lowest BCUT2D eigenvalue weighted by Crippen LogP contribution is -2.09. The van der Waals surface area contributed by atoms with Gasteiger partial charge < -0.3 is 10.1 Å². The highest BCUT2D eigenvalue weighted by molar-refractivity contribution is 5.36. The summed E-state index contributed by atoms with van der Waals surface area (Å²) >= 11 is 0. The summed E-state index contributed by atoms with van der Waals surface area (Å²) in [5, 5.41) is 2.92. The van der Waals surface area contributed by atoms with Crippen molar-refractivity contribution in [2.45, 2.75) is 26.7 Å². The van der Waals surface area contributed by atoms with Gasteiger partial charge in [0.25, 0.3) is 0 Å². The number of nitrogens with one attached hydrogen (secondary N) is 1. The maximum Gasteiger partial charge on any atom is 0.186 e. The third kappa shape index (κ3) is 4.10. The first-order valence-corrected chi connectivity index (χ1v) is 5.54. The first-order valence-electron chi connectivity index (χ1n) is 5.54. The second-order valence-electron chi connectivity index (χ2n) is 3.51. The molecular formula is C11H18FN3O. The molecule has 4 nitrogen and oxygen atoms in total. The van der Waals surface area contributed by atoms with E-state index in [1.807, 2.05) is 0 Å². The molecule has 0 aliphatic carbocycles. The topological polar surface area (TPSA) is 47.0 Å². The molecule has 0 saturated carbocycles. The minimum Gasteiger partial charge on any atom is -0.381 e. The third-order valence-electron chi connectivity index (χ3n) is 2.07. The summed E-state index contributed by atoms with van der Waals surface area (Å²) in [5.74, 6) is -0.111. The number of aryl methyl sites for hydroxylation is 1. The molecule has 1 N–H and O–H groups in total. The number of nitrogens with zero attached hydrogens (tertiary/aromatic N) is 2. The molecule has 1 aromatic rings. The van der Waals surface area contributed by atoms with E-state index in [4.69, 9.17) is 4.74 Å². The molecule has 0 atom stereocenters. The largest absolute Gasteiger partial charge is 0.381 e. The van der Waals surface area contributed by atoms with Crippen LogP contribution in [-0.2, 0) is 4.74 Å². The van der Waals surface area contributed by atoms with Crippen LogP contribution in [0.5, 0.6) is 0 Å². The van der Waals surface area contributed by atoms with E-state index in [-0.39, 0.29) is 11.6 Å². The van der Waals surface area contributed by atoms with Crippen molar-refractivity contribution in [1.29, 1.82) is 0 Å². The lowest BCUT2D eigenvalue weighted by Gasteiger charge is -2.07. The van der Waals surface area contributed by atoms with Crippen molar-refractivity contribution in [2.75, 3.05) is 25.1 Å². The van der Waals surface area contributed by atoms with Gasteiger partial charge in [-0.3, -0.25) is 0 Å². The number of anilines is 1.